The number of hydrogen-bond donors (Lipinski definition) is 8. The van der Waals surface area contributed by atoms with Crippen LogP contribution in [0.1, 0.15) is 52.2 Å². The molecule has 1 spiro atoms. The average molecular weight is 579 g/mol. The van der Waals surface area contributed by atoms with Crippen LogP contribution in [-0.2, 0) is 5.41 Å². The van der Waals surface area contributed by atoms with Gasteiger partial charge < -0.3 is 31.3 Å². The standard InChI is InChI=1S/C28H35N9O5/c1-14-7-8-17(31-11-14)23(39)32-12-18-21-27(36-24(29)35-21)28(40,41)19(13-37(27)25(30)33-18)34-22(38)15-5-4-6-16-20(15)42-10-9-26(16,2)3/h4-8,11,18-19,21,40-41H,9-10,12-13H2,1-3H3,(H2,30,33)(H,32,39)(H,34,38)(H3,29,35,36)/p+1/t18-,19?,21-,27?/m0/s1. The van der Waals surface area contributed by atoms with Gasteiger partial charge in [-0.1, -0.05) is 32.0 Å². The van der Waals surface area contributed by atoms with Crippen LogP contribution in [0.3, 0.4) is 0 Å². The van der Waals surface area contributed by atoms with Crippen LogP contribution >= 0.6 is 0 Å². The van der Waals surface area contributed by atoms with Gasteiger partial charge in [0.05, 0.1) is 18.7 Å². The van der Waals surface area contributed by atoms with Crippen molar-refractivity contribution in [1.82, 2.24) is 25.8 Å². The van der Waals surface area contributed by atoms with Gasteiger partial charge in [0.1, 0.15) is 23.5 Å². The molecular weight excluding hydrogens is 542 g/mol. The number of benzene rings is 1. The van der Waals surface area contributed by atoms with Gasteiger partial charge in [0.2, 0.25) is 5.79 Å². The van der Waals surface area contributed by atoms with Crippen LogP contribution in [0.5, 0.6) is 5.75 Å². The summed E-state index contributed by atoms with van der Waals surface area (Å²) in [5.74, 6) is -2.98. The molecule has 4 aliphatic heterocycles. The maximum atomic E-state index is 13.6. The predicted molar refractivity (Wildman–Crippen MR) is 151 cm³/mol. The highest BCUT2D eigenvalue weighted by molar-refractivity contribution is 5.98. The summed E-state index contributed by atoms with van der Waals surface area (Å²) < 4.78 is 5.90. The van der Waals surface area contributed by atoms with Crippen LogP contribution in [0.15, 0.2) is 41.5 Å². The van der Waals surface area contributed by atoms with Crippen molar-refractivity contribution in [3.05, 3.63) is 58.9 Å². The third-order valence-corrected chi connectivity index (χ3v) is 8.77. The van der Waals surface area contributed by atoms with E-state index in [2.05, 4.69) is 44.8 Å². The Hall–Kier alpha value is -4.43. The minimum Gasteiger partial charge on any atom is -0.492 e. The first kappa shape index (κ1) is 27.7. The third-order valence-electron chi connectivity index (χ3n) is 8.77. The highest BCUT2D eigenvalue weighted by Crippen LogP contribution is 2.43. The smallest absolute Gasteiger partial charge is 0.343 e. The Balaban J connectivity index is 1.26. The summed E-state index contributed by atoms with van der Waals surface area (Å²) in [4.78, 5) is 39.6. The van der Waals surface area contributed by atoms with E-state index in [1.165, 1.54) is 4.90 Å². The van der Waals surface area contributed by atoms with Crippen LogP contribution in [0.2, 0.25) is 0 Å². The zero-order valence-corrected chi connectivity index (χ0v) is 23.6. The summed E-state index contributed by atoms with van der Waals surface area (Å²) in [6.07, 6.45) is 2.40. The molecule has 0 aliphatic carbocycles. The summed E-state index contributed by atoms with van der Waals surface area (Å²) in [6, 6.07) is 5.95. The van der Waals surface area contributed by atoms with Crippen molar-refractivity contribution in [2.24, 2.45) is 16.5 Å². The van der Waals surface area contributed by atoms with Crippen molar-refractivity contribution in [1.29, 1.82) is 0 Å². The first-order valence-electron chi connectivity index (χ1n) is 13.9. The molecule has 2 unspecified atom stereocenters. The first-order valence-corrected chi connectivity index (χ1v) is 13.9. The number of nitrogens with zero attached hydrogens (tertiary/aromatic N) is 3. The Morgan fingerprint density at radius 2 is 2.00 bits per heavy atom. The van der Waals surface area contributed by atoms with Crippen molar-refractivity contribution in [3.8, 4) is 5.75 Å². The number of fused-ring (bicyclic) bond motifs is 1. The molecule has 4 aliphatic rings. The molecule has 42 heavy (non-hydrogen) atoms. The first-order chi connectivity index (χ1) is 19.8. The van der Waals surface area contributed by atoms with Crippen LogP contribution in [0.25, 0.3) is 0 Å². The highest BCUT2D eigenvalue weighted by atomic mass is 16.5. The molecule has 1 saturated heterocycles. The van der Waals surface area contributed by atoms with E-state index in [0.29, 0.717) is 17.9 Å². The molecule has 1 aromatic heterocycles. The third kappa shape index (κ3) is 4.12. The molecule has 1 aromatic carbocycles. The molecule has 1 fully saturated rings. The number of aliphatic imine (C=N–C) groups is 1. The number of nitrogens with one attached hydrogen (secondary N) is 4. The second-order valence-electron chi connectivity index (χ2n) is 11.9. The SMILES string of the molecule is Cc1ccc(C(=O)NC[C@@H]2N=C(N)N3CC(NC(=O)c4cccc5c4OCCC5(C)C)C(O)(O)C34NC(N)=[NH+][C@@H]24)nc1. The number of carbonyl (C=O) groups excluding carboxylic acids is 2. The molecule has 14 nitrogen and oxygen atoms in total. The van der Waals surface area contributed by atoms with Crippen LogP contribution in [-0.4, -0.2) is 93.1 Å². The molecule has 2 amide bonds. The van der Waals surface area contributed by atoms with E-state index >= 15 is 0 Å². The number of hydrogen-bond acceptors (Lipinski definition) is 11. The van der Waals surface area contributed by atoms with Gasteiger partial charge in [-0.3, -0.25) is 30.2 Å². The van der Waals surface area contributed by atoms with Crippen molar-refractivity contribution in [2.45, 2.75) is 62.2 Å². The van der Waals surface area contributed by atoms with Crippen LogP contribution in [0.4, 0.5) is 0 Å². The number of ether oxygens (including phenoxy) is 1. The number of nitrogens with two attached hydrogens (primary N) is 2. The number of aliphatic hydroxyl groups is 2. The van der Waals surface area contributed by atoms with E-state index in [4.69, 9.17) is 16.2 Å². The number of carbonyl (C=O) groups is 2. The Morgan fingerprint density at radius 1 is 1.21 bits per heavy atom. The van der Waals surface area contributed by atoms with E-state index in [-0.39, 0.29) is 36.1 Å². The quantitative estimate of drug-likeness (QED) is 0.166. The molecule has 2 aromatic rings. The Labute approximate surface area is 242 Å². The van der Waals surface area contributed by atoms with Gasteiger partial charge in [-0.2, -0.15) is 0 Å². The monoisotopic (exact) mass is 578 g/mol. The second-order valence-corrected chi connectivity index (χ2v) is 11.9. The molecule has 4 atom stereocenters. The molecule has 0 radical (unpaired) electrons. The molecule has 5 heterocycles. The van der Waals surface area contributed by atoms with E-state index in [1.807, 2.05) is 13.0 Å². The molecule has 10 N–H and O–H groups in total. The number of aryl methyl sites for hydroxylation is 1. The maximum absolute atomic E-state index is 13.6. The van der Waals surface area contributed by atoms with Gasteiger partial charge in [-0.25, -0.2) is 10.3 Å². The lowest BCUT2D eigenvalue weighted by molar-refractivity contribution is -0.521. The van der Waals surface area contributed by atoms with Gasteiger partial charge in [0.25, 0.3) is 17.5 Å². The molecule has 0 saturated carbocycles. The fraction of sp³-hybridized carbons (Fsp3) is 0.464. The summed E-state index contributed by atoms with van der Waals surface area (Å²) >= 11 is 0. The fourth-order valence-electron chi connectivity index (χ4n) is 6.41. The molecule has 0 bridgehead atoms. The highest BCUT2D eigenvalue weighted by Gasteiger charge is 2.76. The Bertz CT molecular complexity index is 1510. The van der Waals surface area contributed by atoms with Crippen LogP contribution in [0, 0.1) is 6.92 Å². The molecule has 14 heteroatoms. The molecule has 6 rings (SSSR count). The molecule has 222 valence electrons. The number of guanidine groups is 2. The van der Waals surface area contributed by atoms with Crippen molar-refractivity contribution in [3.63, 3.8) is 0 Å². The zero-order chi connectivity index (χ0) is 30.0. The van der Waals surface area contributed by atoms with Crippen molar-refractivity contribution in [2.75, 3.05) is 19.7 Å². The van der Waals surface area contributed by atoms with E-state index in [0.717, 1.165) is 17.5 Å². The minimum atomic E-state index is -2.59. The second kappa shape index (κ2) is 9.56. The van der Waals surface area contributed by atoms with Gasteiger partial charge >= 0.3 is 5.96 Å². The van der Waals surface area contributed by atoms with Crippen LogP contribution < -0.4 is 37.1 Å². The summed E-state index contributed by atoms with van der Waals surface area (Å²) in [6.45, 7) is 6.43. The number of amides is 2. The maximum Gasteiger partial charge on any atom is 0.343 e. The molecular formula is C28H36N9O5+. The number of aromatic nitrogens is 1. The topological polar surface area (TPSA) is 214 Å². The summed E-state index contributed by atoms with van der Waals surface area (Å²) in [7, 11) is 0. The van der Waals surface area contributed by atoms with Gasteiger partial charge in [-0.05, 0) is 36.5 Å². The lowest BCUT2D eigenvalue weighted by Gasteiger charge is -2.46. The minimum absolute atomic E-state index is 0.00522. The van der Waals surface area contributed by atoms with Crippen molar-refractivity contribution < 1.29 is 29.5 Å². The number of rotatable bonds is 5. The number of pyridine rings is 1. The van der Waals surface area contributed by atoms with Gasteiger partial charge in [-0.15, -0.1) is 0 Å². The van der Waals surface area contributed by atoms with Crippen molar-refractivity contribution >= 4 is 23.7 Å². The zero-order valence-electron chi connectivity index (χ0n) is 23.6. The summed E-state index contributed by atoms with van der Waals surface area (Å²) in [5, 5.41) is 32.0. The lowest BCUT2D eigenvalue weighted by Crippen LogP contribution is -2.90. The van der Waals surface area contributed by atoms with E-state index in [9.17, 15) is 19.8 Å². The van der Waals surface area contributed by atoms with Gasteiger partial charge in [0, 0.05) is 18.3 Å². The summed E-state index contributed by atoms with van der Waals surface area (Å²) in [5.41, 5.74) is 13.0. The Morgan fingerprint density at radius 3 is 2.74 bits per heavy atom. The average Bonchev–Trinajstić information content (AvgIpc) is 3.41. The van der Waals surface area contributed by atoms with E-state index in [1.54, 1.807) is 30.5 Å². The largest absolute Gasteiger partial charge is 0.492 e. The number of para-hydroxylation sites is 1. The lowest BCUT2D eigenvalue weighted by atomic mass is 9.79. The normalized spacial score (nSPS) is 28.2. The Kier molecular flexibility index (Phi) is 6.31. The fourth-order valence-corrected chi connectivity index (χ4v) is 6.41. The van der Waals surface area contributed by atoms with Gasteiger partial charge in [0.15, 0.2) is 12.0 Å². The predicted octanol–water partition coefficient (Wildman–Crippen LogP) is -3.26. The van der Waals surface area contributed by atoms with E-state index < -0.39 is 41.4 Å².